The van der Waals surface area contributed by atoms with Crippen LogP contribution in [0.15, 0.2) is 59.7 Å². The molecule has 0 aromatic heterocycles. The topological polar surface area (TPSA) is 101 Å². The Morgan fingerprint density at radius 1 is 0.732 bits per heavy atom. The van der Waals surface area contributed by atoms with E-state index in [0.717, 1.165) is 11.1 Å². The number of ether oxygens (including phenoxy) is 1. The first-order valence-corrected chi connectivity index (χ1v) is 14.4. The van der Waals surface area contributed by atoms with Crippen LogP contribution in [0.3, 0.4) is 0 Å². The number of anilines is 2. The third kappa shape index (κ3) is 3.36. The van der Waals surface area contributed by atoms with Crippen molar-refractivity contribution < 1.29 is 28.7 Å². The highest BCUT2D eigenvalue weighted by atomic mass is 16.5. The van der Waals surface area contributed by atoms with Gasteiger partial charge in [0.25, 0.3) is 0 Å². The van der Waals surface area contributed by atoms with Crippen molar-refractivity contribution in [2.24, 2.45) is 35.0 Å². The first-order valence-electron chi connectivity index (χ1n) is 14.4. The summed E-state index contributed by atoms with van der Waals surface area (Å²) < 4.78 is 5.47. The van der Waals surface area contributed by atoms with Gasteiger partial charge in [-0.05, 0) is 49.9 Å². The third-order valence-electron chi connectivity index (χ3n) is 9.91. The number of carbonyl (C=O) groups excluding carboxylic acids is 5. The number of rotatable bonds is 6. The lowest BCUT2D eigenvalue weighted by molar-refractivity contribution is -0.155. The van der Waals surface area contributed by atoms with Gasteiger partial charge in [0.2, 0.25) is 23.6 Å². The van der Waals surface area contributed by atoms with Crippen molar-refractivity contribution in [1.82, 2.24) is 0 Å². The molecule has 0 radical (unpaired) electrons. The van der Waals surface area contributed by atoms with Crippen LogP contribution in [0.4, 0.5) is 11.4 Å². The zero-order chi connectivity index (χ0) is 29.4. The predicted octanol–water partition coefficient (Wildman–Crippen LogP) is 4.25. The SMILES string of the molecule is CCOC(=O)C1=C(C)C2[C@H]3C(=O)N(c4ccccc4CC)C(=O)[C@H]3C1(C)[C@@H]1C(=O)N(c3ccccc3CC)C(=O)[C@@H]21. The molecule has 3 fully saturated rings. The van der Waals surface area contributed by atoms with E-state index in [0.29, 0.717) is 29.8 Å². The molecule has 4 amide bonds. The summed E-state index contributed by atoms with van der Waals surface area (Å²) in [4.78, 5) is 73.4. The summed E-state index contributed by atoms with van der Waals surface area (Å²) in [5.74, 6) is -6.71. The van der Waals surface area contributed by atoms with E-state index in [1.807, 2.05) is 38.1 Å². The molecule has 1 saturated carbocycles. The Morgan fingerprint density at radius 2 is 1.17 bits per heavy atom. The lowest BCUT2D eigenvalue weighted by atomic mass is 9.43. The molecule has 41 heavy (non-hydrogen) atoms. The quantitative estimate of drug-likeness (QED) is 0.391. The van der Waals surface area contributed by atoms with Crippen LogP contribution in [0.25, 0.3) is 0 Å². The summed E-state index contributed by atoms with van der Waals surface area (Å²) in [6.07, 6.45) is 1.23. The van der Waals surface area contributed by atoms with Crippen LogP contribution in [0.2, 0.25) is 0 Å². The maximum absolute atomic E-state index is 14.4. The van der Waals surface area contributed by atoms with Gasteiger partial charge in [-0.25, -0.2) is 14.6 Å². The van der Waals surface area contributed by atoms with E-state index in [-0.39, 0.29) is 24.0 Å². The Balaban J connectivity index is 1.56. The van der Waals surface area contributed by atoms with Crippen molar-refractivity contribution in [2.75, 3.05) is 16.4 Å². The van der Waals surface area contributed by atoms with E-state index in [1.54, 1.807) is 45.0 Å². The summed E-state index contributed by atoms with van der Waals surface area (Å²) in [5.41, 5.74) is 2.12. The van der Waals surface area contributed by atoms with Crippen molar-refractivity contribution in [1.29, 1.82) is 0 Å². The van der Waals surface area contributed by atoms with Gasteiger partial charge in [-0.3, -0.25) is 19.2 Å². The number of aryl methyl sites for hydroxylation is 2. The summed E-state index contributed by atoms with van der Waals surface area (Å²) in [5, 5.41) is 0. The van der Waals surface area contributed by atoms with Gasteiger partial charge in [-0.1, -0.05) is 62.7 Å². The minimum absolute atomic E-state index is 0.115. The van der Waals surface area contributed by atoms with Crippen molar-refractivity contribution in [3.05, 3.63) is 70.8 Å². The molecule has 2 bridgehead atoms. The highest BCUT2D eigenvalue weighted by molar-refractivity contribution is 6.28. The van der Waals surface area contributed by atoms with Crippen LogP contribution < -0.4 is 9.80 Å². The molecular formula is C33H34N2O6. The standard InChI is InChI=1S/C33H34N2O6/c1-6-18-13-9-11-15-20(18)34-28(36)23-22-17(4)25(32(40)41-8-3)33(5,26(23)30(34)38)27-24(22)29(37)35(31(27)39)21-16-12-10-14-19(21)7-2/h9-16,22-24,26-27H,6-8H2,1-5H3/t22?,23-,24+,26-,27-,33?/m0/s1. The minimum Gasteiger partial charge on any atom is -0.463 e. The summed E-state index contributed by atoms with van der Waals surface area (Å²) >= 11 is 0. The average molecular weight is 555 g/mol. The van der Waals surface area contributed by atoms with Crippen LogP contribution in [0.1, 0.15) is 45.7 Å². The first kappa shape index (κ1) is 27.1. The molecule has 3 aliphatic carbocycles. The number of amides is 4. The molecule has 2 aromatic rings. The lowest BCUT2D eigenvalue weighted by Gasteiger charge is -2.55. The largest absolute Gasteiger partial charge is 0.463 e. The van der Waals surface area contributed by atoms with E-state index >= 15 is 0 Å². The Hall–Kier alpha value is -4.07. The normalized spacial score (nSPS) is 30.3. The molecule has 6 atom stereocenters. The van der Waals surface area contributed by atoms with E-state index in [1.165, 1.54) is 9.80 Å². The summed E-state index contributed by atoms with van der Waals surface area (Å²) in [6, 6.07) is 14.6. The molecular weight excluding hydrogens is 520 g/mol. The molecule has 2 unspecified atom stereocenters. The van der Waals surface area contributed by atoms with Gasteiger partial charge in [0.15, 0.2) is 0 Å². The van der Waals surface area contributed by atoms with Crippen molar-refractivity contribution in [2.45, 2.75) is 47.5 Å². The average Bonchev–Trinajstić information content (AvgIpc) is 3.39. The fraction of sp³-hybridized carbons (Fsp3) is 0.424. The molecule has 2 aromatic carbocycles. The predicted molar refractivity (Wildman–Crippen MR) is 152 cm³/mol. The number of hydrogen-bond donors (Lipinski definition) is 0. The number of carbonyl (C=O) groups is 5. The minimum atomic E-state index is -1.41. The van der Waals surface area contributed by atoms with Crippen LogP contribution in [0.5, 0.6) is 0 Å². The Bertz CT molecular complexity index is 1460. The second kappa shape index (κ2) is 9.50. The second-order valence-corrected chi connectivity index (χ2v) is 11.6. The number of esters is 1. The Kier molecular flexibility index (Phi) is 6.28. The van der Waals surface area contributed by atoms with Gasteiger partial charge < -0.3 is 4.74 Å². The Morgan fingerprint density at radius 3 is 1.59 bits per heavy atom. The maximum Gasteiger partial charge on any atom is 0.334 e. The van der Waals surface area contributed by atoms with Crippen LogP contribution in [-0.4, -0.2) is 36.2 Å². The highest BCUT2D eigenvalue weighted by Crippen LogP contribution is 2.69. The van der Waals surface area contributed by atoms with Gasteiger partial charge in [-0.15, -0.1) is 0 Å². The number of imide groups is 2. The van der Waals surface area contributed by atoms with Crippen LogP contribution >= 0.6 is 0 Å². The van der Waals surface area contributed by atoms with Gasteiger partial charge >= 0.3 is 5.97 Å². The van der Waals surface area contributed by atoms with Crippen LogP contribution in [0, 0.1) is 35.0 Å². The molecule has 7 rings (SSSR count). The molecule has 5 aliphatic rings. The van der Waals surface area contributed by atoms with Crippen molar-refractivity contribution in [3.8, 4) is 0 Å². The third-order valence-corrected chi connectivity index (χ3v) is 9.91. The fourth-order valence-electron chi connectivity index (χ4n) is 8.34. The second-order valence-electron chi connectivity index (χ2n) is 11.6. The van der Waals surface area contributed by atoms with Crippen molar-refractivity contribution >= 4 is 41.0 Å². The Labute approximate surface area is 239 Å². The van der Waals surface area contributed by atoms with E-state index in [4.69, 9.17) is 4.74 Å². The summed E-state index contributed by atoms with van der Waals surface area (Å²) in [7, 11) is 0. The number of benzene rings is 2. The van der Waals surface area contributed by atoms with Gasteiger partial charge in [-0.2, -0.15) is 0 Å². The summed E-state index contributed by atoms with van der Waals surface area (Å²) in [6.45, 7) is 9.19. The number of nitrogens with zero attached hydrogens (tertiary/aromatic N) is 2. The molecule has 2 aliphatic heterocycles. The van der Waals surface area contributed by atoms with Gasteiger partial charge in [0.1, 0.15) is 0 Å². The zero-order valence-corrected chi connectivity index (χ0v) is 24.0. The van der Waals surface area contributed by atoms with E-state index in [9.17, 15) is 24.0 Å². The van der Waals surface area contributed by atoms with Gasteiger partial charge in [0, 0.05) is 16.9 Å². The fourth-order valence-corrected chi connectivity index (χ4v) is 8.34. The van der Waals surface area contributed by atoms with Crippen LogP contribution in [-0.2, 0) is 41.6 Å². The van der Waals surface area contributed by atoms with E-state index in [2.05, 4.69) is 0 Å². The van der Waals surface area contributed by atoms with E-state index < -0.39 is 52.8 Å². The highest BCUT2D eigenvalue weighted by Gasteiger charge is 2.77. The van der Waals surface area contributed by atoms with Gasteiger partial charge in [0.05, 0.1) is 41.7 Å². The molecule has 0 N–H and O–H groups in total. The molecule has 212 valence electrons. The molecule has 0 spiro atoms. The molecule has 8 heteroatoms. The zero-order valence-electron chi connectivity index (χ0n) is 24.0. The number of allylic oxidation sites excluding steroid dienone is 1. The number of para-hydroxylation sites is 2. The smallest absolute Gasteiger partial charge is 0.334 e. The first-order chi connectivity index (χ1) is 19.6. The molecule has 2 heterocycles. The monoisotopic (exact) mass is 554 g/mol. The maximum atomic E-state index is 14.4. The number of hydrogen-bond acceptors (Lipinski definition) is 6. The van der Waals surface area contributed by atoms with Crippen molar-refractivity contribution in [3.63, 3.8) is 0 Å². The molecule has 2 saturated heterocycles. The molecule has 8 nitrogen and oxygen atoms in total. The lowest BCUT2D eigenvalue weighted by Crippen LogP contribution is -2.61.